The third-order valence-corrected chi connectivity index (χ3v) is 5.68. The Hall–Kier alpha value is -4.65. The fourth-order valence-electron chi connectivity index (χ4n) is 3.94. The van der Waals surface area contributed by atoms with E-state index in [1.807, 2.05) is 24.3 Å². The fraction of sp³-hybridized carbons (Fsp3) is 0.138. The summed E-state index contributed by atoms with van der Waals surface area (Å²) in [5.74, 6) is 2.75. The van der Waals surface area contributed by atoms with Crippen LogP contribution in [0.15, 0.2) is 84.9 Å². The zero-order valence-electron chi connectivity index (χ0n) is 19.3. The molecule has 182 valence electrons. The van der Waals surface area contributed by atoms with Crippen molar-refractivity contribution in [2.24, 2.45) is 0 Å². The first-order valence-corrected chi connectivity index (χ1v) is 11.5. The Morgan fingerprint density at radius 1 is 0.444 bits per heavy atom. The van der Waals surface area contributed by atoms with Crippen LogP contribution >= 0.6 is 0 Å². The van der Waals surface area contributed by atoms with Gasteiger partial charge in [-0.1, -0.05) is 0 Å². The molecule has 0 atom stereocenters. The molecule has 0 aromatic heterocycles. The van der Waals surface area contributed by atoms with Gasteiger partial charge in [0.2, 0.25) is 0 Å². The highest BCUT2D eigenvalue weighted by Gasteiger charge is 2.27. The largest absolute Gasteiger partial charge is 0.508 e. The van der Waals surface area contributed by atoms with Gasteiger partial charge in [-0.2, -0.15) is 0 Å². The van der Waals surface area contributed by atoms with E-state index in [9.17, 15) is 15.0 Å². The van der Waals surface area contributed by atoms with Crippen LogP contribution in [0.5, 0.6) is 34.5 Å². The lowest BCUT2D eigenvalue weighted by atomic mass is 10.1. The number of carbonyl (C=O) groups excluding carboxylic acids is 1. The molecule has 0 amide bonds. The van der Waals surface area contributed by atoms with E-state index in [0.29, 0.717) is 60.6 Å². The van der Waals surface area contributed by atoms with E-state index in [1.165, 1.54) is 0 Å². The maximum absolute atomic E-state index is 13.1. The molecule has 4 aromatic rings. The van der Waals surface area contributed by atoms with Gasteiger partial charge in [0, 0.05) is 11.1 Å². The zero-order chi connectivity index (χ0) is 24.9. The van der Waals surface area contributed by atoms with Gasteiger partial charge in [0.15, 0.2) is 5.78 Å². The van der Waals surface area contributed by atoms with Crippen LogP contribution in [0, 0.1) is 0 Å². The van der Waals surface area contributed by atoms with Gasteiger partial charge in [0.05, 0.1) is 0 Å². The summed E-state index contributed by atoms with van der Waals surface area (Å²) in [7, 11) is 0. The summed E-state index contributed by atoms with van der Waals surface area (Å²) in [4.78, 5) is 13.1. The minimum absolute atomic E-state index is 0.0726. The molecule has 1 aliphatic carbocycles. The zero-order valence-corrected chi connectivity index (χ0v) is 19.3. The first-order chi connectivity index (χ1) is 17.6. The SMILES string of the molecule is O=C1c2cc(OCCOc3ccc(O)cc3)ccc2-c2ccc(OCCOc3ccc(O)cc3)cc21. The molecule has 0 bridgehead atoms. The van der Waals surface area contributed by atoms with Crippen LogP contribution in [0.3, 0.4) is 0 Å². The van der Waals surface area contributed by atoms with Crippen molar-refractivity contribution in [3.63, 3.8) is 0 Å². The van der Waals surface area contributed by atoms with Crippen LogP contribution in [0.25, 0.3) is 11.1 Å². The molecule has 0 aliphatic heterocycles. The highest BCUT2D eigenvalue weighted by Crippen LogP contribution is 2.39. The topological polar surface area (TPSA) is 94.5 Å². The molecule has 0 heterocycles. The van der Waals surface area contributed by atoms with Crippen LogP contribution in [-0.4, -0.2) is 42.4 Å². The van der Waals surface area contributed by atoms with Gasteiger partial charge in [-0.25, -0.2) is 0 Å². The summed E-state index contributed by atoms with van der Waals surface area (Å²) >= 11 is 0. The van der Waals surface area contributed by atoms with Gasteiger partial charge in [0.25, 0.3) is 0 Å². The van der Waals surface area contributed by atoms with Crippen molar-refractivity contribution in [3.05, 3.63) is 96.1 Å². The van der Waals surface area contributed by atoms with Gasteiger partial charge < -0.3 is 29.2 Å². The maximum Gasteiger partial charge on any atom is 0.194 e. The van der Waals surface area contributed by atoms with Crippen molar-refractivity contribution in [1.29, 1.82) is 0 Å². The maximum atomic E-state index is 13.1. The number of rotatable bonds is 10. The Morgan fingerprint density at radius 3 is 1.17 bits per heavy atom. The Labute approximate surface area is 208 Å². The molecule has 36 heavy (non-hydrogen) atoms. The monoisotopic (exact) mass is 484 g/mol. The summed E-state index contributed by atoms with van der Waals surface area (Å²) < 4.78 is 22.7. The van der Waals surface area contributed by atoms with E-state index < -0.39 is 0 Å². The van der Waals surface area contributed by atoms with Crippen LogP contribution in [0.2, 0.25) is 0 Å². The van der Waals surface area contributed by atoms with E-state index in [4.69, 9.17) is 18.9 Å². The molecule has 0 saturated carbocycles. The number of ether oxygens (including phenoxy) is 4. The molecule has 1 aliphatic rings. The van der Waals surface area contributed by atoms with Gasteiger partial charge in [0.1, 0.15) is 60.9 Å². The molecule has 2 N–H and O–H groups in total. The summed E-state index contributed by atoms with van der Waals surface area (Å²) in [5, 5.41) is 18.6. The van der Waals surface area contributed by atoms with E-state index in [0.717, 1.165) is 11.1 Å². The van der Waals surface area contributed by atoms with Gasteiger partial charge in [-0.05, 0) is 96.1 Å². The minimum Gasteiger partial charge on any atom is -0.508 e. The number of ketones is 1. The highest BCUT2D eigenvalue weighted by atomic mass is 16.5. The second kappa shape index (κ2) is 10.3. The highest BCUT2D eigenvalue weighted by molar-refractivity contribution is 6.22. The van der Waals surface area contributed by atoms with E-state index >= 15 is 0 Å². The molecule has 4 aromatic carbocycles. The Kier molecular flexibility index (Phi) is 6.62. The molecule has 0 unspecified atom stereocenters. The minimum atomic E-state index is -0.0726. The number of phenolic OH excluding ortho intramolecular Hbond substituents is 2. The number of benzene rings is 4. The van der Waals surface area contributed by atoms with Crippen LogP contribution in [-0.2, 0) is 0 Å². The van der Waals surface area contributed by atoms with E-state index in [-0.39, 0.29) is 17.3 Å². The lowest BCUT2D eigenvalue weighted by Crippen LogP contribution is -2.09. The molecule has 0 fully saturated rings. The summed E-state index contributed by atoms with van der Waals surface area (Å²) in [5.41, 5.74) is 2.92. The number of hydrogen-bond acceptors (Lipinski definition) is 7. The lowest BCUT2D eigenvalue weighted by molar-refractivity contribution is 0.104. The summed E-state index contributed by atoms with van der Waals surface area (Å²) in [6, 6.07) is 23.9. The predicted octanol–water partition coefficient (Wildman–Crippen LogP) is 5.22. The number of hydrogen-bond donors (Lipinski definition) is 2. The van der Waals surface area contributed by atoms with Gasteiger partial charge in [-0.3, -0.25) is 4.79 Å². The van der Waals surface area contributed by atoms with Crippen LogP contribution < -0.4 is 18.9 Å². The standard InChI is InChI=1S/C29H24O7/c30-19-1-5-21(6-2-19)33-13-15-35-23-9-11-25-26-12-10-24(18-28(26)29(32)27(25)17-23)36-16-14-34-22-7-3-20(31)4-8-22/h1-12,17-18,30-31H,13-16H2. The van der Waals surface area contributed by atoms with Crippen molar-refractivity contribution in [3.8, 4) is 45.6 Å². The summed E-state index contributed by atoms with van der Waals surface area (Å²) in [6.45, 7) is 1.27. The van der Waals surface area contributed by atoms with Crippen molar-refractivity contribution in [2.45, 2.75) is 0 Å². The Bertz CT molecular complexity index is 1260. The molecular weight excluding hydrogens is 460 g/mol. The Balaban J connectivity index is 1.15. The van der Waals surface area contributed by atoms with Gasteiger partial charge >= 0.3 is 0 Å². The average molecular weight is 485 g/mol. The molecule has 0 saturated heterocycles. The fourth-order valence-corrected chi connectivity index (χ4v) is 3.94. The molecular formula is C29H24O7. The smallest absolute Gasteiger partial charge is 0.194 e. The quantitative estimate of drug-likeness (QED) is 0.262. The number of carbonyl (C=O) groups is 1. The number of aromatic hydroxyl groups is 2. The normalized spacial score (nSPS) is 11.5. The van der Waals surface area contributed by atoms with Crippen molar-refractivity contribution < 1.29 is 34.0 Å². The molecule has 0 radical (unpaired) electrons. The molecule has 0 spiro atoms. The van der Waals surface area contributed by atoms with Crippen molar-refractivity contribution in [1.82, 2.24) is 0 Å². The summed E-state index contributed by atoms with van der Waals surface area (Å²) in [6.07, 6.45) is 0. The average Bonchev–Trinajstić information content (AvgIpc) is 3.17. The number of phenols is 2. The van der Waals surface area contributed by atoms with E-state index in [2.05, 4.69) is 0 Å². The van der Waals surface area contributed by atoms with Crippen LogP contribution in [0.1, 0.15) is 15.9 Å². The third-order valence-electron chi connectivity index (χ3n) is 5.68. The van der Waals surface area contributed by atoms with Gasteiger partial charge in [-0.15, -0.1) is 0 Å². The third kappa shape index (κ3) is 5.20. The lowest BCUT2D eigenvalue weighted by Gasteiger charge is -2.10. The second-order valence-electron chi connectivity index (χ2n) is 8.13. The number of fused-ring (bicyclic) bond motifs is 3. The first kappa shape index (κ1) is 23.1. The van der Waals surface area contributed by atoms with E-state index in [1.54, 1.807) is 60.7 Å². The van der Waals surface area contributed by atoms with Crippen LogP contribution in [0.4, 0.5) is 0 Å². The first-order valence-electron chi connectivity index (χ1n) is 11.5. The van der Waals surface area contributed by atoms with Crippen molar-refractivity contribution in [2.75, 3.05) is 26.4 Å². The second-order valence-corrected chi connectivity index (χ2v) is 8.13. The molecule has 7 heteroatoms. The molecule has 5 rings (SSSR count). The predicted molar refractivity (Wildman–Crippen MR) is 134 cm³/mol. The molecule has 7 nitrogen and oxygen atoms in total. The Morgan fingerprint density at radius 2 is 0.778 bits per heavy atom. The van der Waals surface area contributed by atoms with Crippen molar-refractivity contribution >= 4 is 5.78 Å².